The molecule has 1 aliphatic rings. The molecular weight excluding hydrogens is 436 g/mol. The highest BCUT2D eigenvalue weighted by Crippen LogP contribution is 2.25. The largest absolute Gasteiger partial charge is 0.463 e. The lowest BCUT2D eigenvalue weighted by molar-refractivity contribution is -0.136. The summed E-state index contributed by atoms with van der Waals surface area (Å²) in [6.45, 7) is 2.95. The Morgan fingerprint density at radius 2 is 1.57 bits per heavy atom. The summed E-state index contributed by atoms with van der Waals surface area (Å²) in [6, 6.07) is 28.3. The third-order valence-electron chi connectivity index (χ3n) is 6.63. The van der Waals surface area contributed by atoms with Gasteiger partial charge in [0.1, 0.15) is 5.69 Å². The van der Waals surface area contributed by atoms with Crippen LogP contribution in [0.1, 0.15) is 24.0 Å². The molecule has 6 heteroatoms. The molecule has 0 N–H and O–H groups in total. The molecule has 0 bridgehead atoms. The highest BCUT2D eigenvalue weighted by atomic mass is 16.3. The Morgan fingerprint density at radius 3 is 2.20 bits per heavy atom. The molecular formula is C29H30N4O2. The number of amides is 1. The number of hydrogen-bond donors (Lipinski definition) is 0. The topological polar surface area (TPSA) is 62.5 Å². The van der Waals surface area contributed by atoms with Crippen molar-refractivity contribution in [2.75, 3.05) is 24.5 Å². The Kier molecular flexibility index (Phi) is 7.18. The third kappa shape index (κ3) is 5.77. The van der Waals surface area contributed by atoms with E-state index in [9.17, 15) is 4.79 Å². The van der Waals surface area contributed by atoms with Gasteiger partial charge >= 0.3 is 0 Å². The zero-order valence-electron chi connectivity index (χ0n) is 19.8. The molecule has 2 aromatic carbocycles. The predicted octanol–water partition coefficient (Wildman–Crippen LogP) is 5.22. The van der Waals surface area contributed by atoms with Crippen LogP contribution in [-0.2, 0) is 17.8 Å². The zero-order chi connectivity index (χ0) is 23.9. The predicted molar refractivity (Wildman–Crippen MR) is 137 cm³/mol. The molecule has 1 fully saturated rings. The molecule has 0 atom stereocenters. The van der Waals surface area contributed by atoms with Gasteiger partial charge in [-0.3, -0.25) is 4.79 Å². The van der Waals surface area contributed by atoms with Crippen LogP contribution in [0.2, 0.25) is 0 Å². The van der Waals surface area contributed by atoms with Gasteiger partial charge in [0.2, 0.25) is 5.91 Å². The first-order valence-electron chi connectivity index (χ1n) is 12.3. The molecule has 178 valence electrons. The van der Waals surface area contributed by atoms with Crippen molar-refractivity contribution in [3.63, 3.8) is 0 Å². The number of furan rings is 1. The van der Waals surface area contributed by atoms with Crippen LogP contribution >= 0.6 is 0 Å². The van der Waals surface area contributed by atoms with Gasteiger partial charge in [-0.15, -0.1) is 10.2 Å². The average Bonchev–Trinajstić information content (AvgIpc) is 3.47. The number of rotatable bonds is 8. The minimum absolute atomic E-state index is 0.0288. The lowest BCUT2D eigenvalue weighted by Crippen LogP contribution is -2.43. The quantitative estimate of drug-likeness (QED) is 0.356. The minimum atomic E-state index is 0.0288. The molecule has 1 saturated heterocycles. The minimum Gasteiger partial charge on any atom is -0.463 e. The first-order chi connectivity index (χ1) is 17.3. The molecule has 0 spiro atoms. The number of carbonyl (C=O) groups excluding carboxylic acids is 1. The Labute approximate surface area is 206 Å². The first kappa shape index (κ1) is 22.8. The summed E-state index contributed by atoms with van der Waals surface area (Å²) in [5.41, 5.74) is 3.14. The number of anilines is 1. The first-order valence-corrected chi connectivity index (χ1v) is 12.3. The second kappa shape index (κ2) is 11.0. The van der Waals surface area contributed by atoms with Gasteiger partial charge in [0.05, 0.1) is 6.26 Å². The van der Waals surface area contributed by atoms with Crippen LogP contribution in [0, 0.1) is 5.92 Å². The number of aromatic nitrogens is 2. The highest BCUT2D eigenvalue weighted by Gasteiger charge is 2.29. The fraction of sp³-hybridized carbons (Fsp3) is 0.276. The van der Waals surface area contributed by atoms with E-state index in [2.05, 4.69) is 51.5 Å². The van der Waals surface area contributed by atoms with E-state index >= 15 is 0 Å². The number of nitrogens with zero attached hydrogens (tertiary/aromatic N) is 4. The number of benzene rings is 2. The van der Waals surface area contributed by atoms with Gasteiger partial charge in [-0.2, -0.15) is 0 Å². The molecule has 4 aromatic rings. The molecule has 0 radical (unpaired) electrons. The second-order valence-corrected chi connectivity index (χ2v) is 9.00. The molecule has 5 rings (SSSR count). The summed E-state index contributed by atoms with van der Waals surface area (Å²) in [4.78, 5) is 17.9. The van der Waals surface area contributed by atoms with Crippen molar-refractivity contribution >= 4 is 11.7 Å². The highest BCUT2D eigenvalue weighted by molar-refractivity contribution is 5.79. The van der Waals surface area contributed by atoms with E-state index in [1.54, 1.807) is 6.26 Å². The Morgan fingerprint density at radius 1 is 0.857 bits per heavy atom. The molecule has 0 aliphatic carbocycles. The maximum Gasteiger partial charge on any atom is 0.226 e. The van der Waals surface area contributed by atoms with Gasteiger partial charge in [-0.25, -0.2) is 0 Å². The van der Waals surface area contributed by atoms with Crippen molar-refractivity contribution in [3.8, 4) is 11.5 Å². The molecule has 1 aliphatic heterocycles. The number of hydrogen-bond acceptors (Lipinski definition) is 5. The van der Waals surface area contributed by atoms with Crippen LogP contribution in [0.4, 0.5) is 5.82 Å². The normalized spacial score (nSPS) is 14.1. The van der Waals surface area contributed by atoms with Crippen molar-refractivity contribution in [3.05, 3.63) is 102 Å². The number of carbonyl (C=O) groups is 1. The van der Waals surface area contributed by atoms with Gasteiger partial charge in [-0.05, 0) is 54.7 Å². The summed E-state index contributed by atoms with van der Waals surface area (Å²) in [5, 5.41) is 8.72. The van der Waals surface area contributed by atoms with E-state index in [0.717, 1.165) is 50.4 Å². The van der Waals surface area contributed by atoms with Gasteiger partial charge in [-0.1, -0.05) is 60.7 Å². The SMILES string of the molecule is O=C(C1CCN(c2ccc(-c3ccco3)nn2)CC1)N(CCc1ccccc1)Cc1ccccc1. The zero-order valence-corrected chi connectivity index (χ0v) is 19.8. The van der Waals surface area contributed by atoms with E-state index in [1.807, 2.05) is 53.4 Å². The van der Waals surface area contributed by atoms with Crippen molar-refractivity contribution in [1.29, 1.82) is 0 Å². The molecule has 35 heavy (non-hydrogen) atoms. The lowest BCUT2D eigenvalue weighted by Gasteiger charge is -2.34. The van der Waals surface area contributed by atoms with Gasteiger partial charge in [0, 0.05) is 32.1 Å². The van der Waals surface area contributed by atoms with E-state index < -0.39 is 0 Å². The molecule has 6 nitrogen and oxygen atoms in total. The van der Waals surface area contributed by atoms with Crippen LogP contribution in [0.5, 0.6) is 0 Å². The van der Waals surface area contributed by atoms with E-state index in [1.165, 1.54) is 11.1 Å². The Bertz CT molecular complexity index is 1190. The van der Waals surface area contributed by atoms with Crippen LogP contribution in [-0.4, -0.2) is 40.6 Å². The lowest BCUT2D eigenvalue weighted by atomic mass is 9.94. The van der Waals surface area contributed by atoms with Crippen molar-refractivity contribution < 1.29 is 9.21 Å². The standard InChI is InChI=1S/C29H30N4O2/c34-29(33(22-24-10-5-2-6-11-24)18-15-23-8-3-1-4-9-23)25-16-19-32(20-17-25)28-14-13-26(30-31-28)27-12-7-21-35-27/h1-14,21,25H,15-20,22H2. The summed E-state index contributed by atoms with van der Waals surface area (Å²) < 4.78 is 5.40. The summed E-state index contributed by atoms with van der Waals surface area (Å²) >= 11 is 0. The third-order valence-corrected chi connectivity index (χ3v) is 6.63. The number of piperidine rings is 1. The van der Waals surface area contributed by atoms with Gasteiger partial charge < -0.3 is 14.2 Å². The fourth-order valence-electron chi connectivity index (χ4n) is 4.64. The summed E-state index contributed by atoms with van der Waals surface area (Å²) in [7, 11) is 0. The molecule has 0 saturated carbocycles. The summed E-state index contributed by atoms with van der Waals surface area (Å²) in [6.07, 6.45) is 4.12. The van der Waals surface area contributed by atoms with Crippen LogP contribution in [0.15, 0.2) is 95.6 Å². The molecule has 2 aromatic heterocycles. The smallest absolute Gasteiger partial charge is 0.226 e. The van der Waals surface area contributed by atoms with E-state index in [4.69, 9.17) is 4.42 Å². The Hall–Kier alpha value is -3.93. The average molecular weight is 467 g/mol. The Balaban J connectivity index is 1.21. The van der Waals surface area contributed by atoms with Crippen molar-refractivity contribution in [2.24, 2.45) is 5.92 Å². The van der Waals surface area contributed by atoms with E-state index in [-0.39, 0.29) is 11.8 Å². The molecule has 0 unspecified atom stereocenters. The van der Waals surface area contributed by atoms with Crippen molar-refractivity contribution in [2.45, 2.75) is 25.8 Å². The summed E-state index contributed by atoms with van der Waals surface area (Å²) in [5.74, 6) is 1.84. The van der Waals surface area contributed by atoms with Crippen molar-refractivity contribution in [1.82, 2.24) is 15.1 Å². The van der Waals surface area contributed by atoms with Crippen LogP contribution in [0.25, 0.3) is 11.5 Å². The van der Waals surface area contributed by atoms with Crippen LogP contribution < -0.4 is 4.90 Å². The van der Waals surface area contributed by atoms with Gasteiger partial charge in [0.25, 0.3) is 0 Å². The molecule has 3 heterocycles. The second-order valence-electron chi connectivity index (χ2n) is 9.00. The van der Waals surface area contributed by atoms with Crippen LogP contribution in [0.3, 0.4) is 0 Å². The van der Waals surface area contributed by atoms with Gasteiger partial charge in [0.15, 0.2) is 11.6 Å². The maximum atomic E-state index is 13.6. The van der Waals surface area contributed by atoms with E-state index in [0.29, 0.717) is 12.3 Å². The monoisotopic (exact) mass is 466 g/mol. The fourth-order valence-corrected chi connectivity index (χ4v) is 4.64. The molecule has 1 amide bonds. The maximum absolute atomic E-state index is 13.6.